The van der Waals surface area contributed by atoms with Crippen molar-refractivity contribution in [2.75, 3.05) is 6.54 Å². The highest BCUT2D eigenvalue weighted by Crippen LogP contribution is 2.11. The highest BCUT2D eigenvalue weighted by atomic mass is 16.5. The molecule has 1 unspecified atom stereocenters. The minimum absolute atomic E-state index is 0.0243. The first-order valence-electron chi connectivity index (χ1n) is 7.45. The van der Waals surface area contributed by atoms with E-state index in [0.717, 1.165) is 5.56 Å². The number of esters is 1. The predicted molar refractivity (Wildman–Crippen MR) is 85.3 cm³/mol. The van der Waals surface area contributed by atoms with Crippen LogP contribution in [0.3, 0.4) is 0 Å². The fourth-order valence-electron chi connectivity index (χ4n) is 1.43. The van der Waals surface area contributed by atoms with Crippen LogP contribution in [-0.4, -0.2) is 24.4 Å². The smallest absolute Gasteiger partial charge is 0.338 e. The summed E-state index contributed by atoms with van der Waals surface area (Å²) in [6, 6.07) is 6.86. The summed E-state index contributed by atoms with van der Waals surface area (Å²) in [7, 11) is 0. The molecule has 4 nitrogen and oxygen atoms in total. The van der Waals surface area contributed by atoms with Gasteiger partial charge in [-0.05, 0) is 30.5 Å². The van der Waals surface area contributed by atoms with E-state index in [4.69, 9.17) is 10.5 Å². The summed E-state index contributed by atoms with van der Waals surface area (Å²) in [5, 5.41) is 0. The zero-order chi connectivity index (χ0) is 16.4. The van der Waals surface area contributed by atoms with Crippen molar-refractivity contribution in [1.82, 2.24) is 0 Å². The lowest BCUT2D eigenvalue weighted by atomic mass is 10.1. The zero-order valence-corrected chi connectivity index (χ0v) is 13.7. The van der Waals surface area contributed by atoms with Gasteiger partial charge in [0.1, 0.15) is 6.10 Å². The summed E-state index contributed by atoms with van der Waals surface area (Å²) in [6.45, 7) is 9.91. The van der Waals surface area contributed by atoms with Crippen LogP contribution >= 0.6 is 0 Å². The van der Waals surface area contributed by atoms with Crippen LogP contribution in [0.5, 0.6) is 0 Å². The highest BCUT2D eigenvalue weighted by molar-refractivity contribution is 5.89. The van der Waals surface area contributed by atoms with Gasteiger partial charge in [-0.25, -0.2) is 4.79 Å². The highest BCUT2D eigenvalue weighted by Gasteiger charge is 2.14. The predicted octanol–water partition coefficient (Wildman–Crippen LogP) is 2.98. The third kappa shape index (κ3) is 7.04. The number of ketones is 1. The van der Waals surface area contributed by atoms with E-state index >= 15 is 0 Å². The van der Waals surface area contributed by atoms with Crippen molar-refractivity contribution in [2.24, 2.45) is 11.7 Å². The van der Waals surface area contributed by atoms with Crippen LogP contribution < -0.4 is 5.73 Å². The average molecular weight is 293 g/mol. The van der Waals surface area contributed by atoms with Gasteiger partial charge in [0, 0.05) is 6.42 Å². The van der Waals surface area contributed by atoms with E-state index in [1.54, 1.807) is 24.3 Å². The van der Waals surface area contributed by atoms with Gasteiger partial charge >= 0.3 is 5.97 Å². The molecule has 0 radical (unpaired) electrons. The molecular formula is C17H27NO3. The third-order valence-corrected chi connectivity index (χ3v) is 3.05. The van der Waals surface area contributed by atoms with Crippen molar-refractivity contribution in [3.05, 3.63) is 35.4 Å². The molecule has 0 bridgehead atoms. The number of Topliss-reactive ketones (excluding diaryl/α,β-unsaturated/α-hetero) is 1. The van der Waals surface area contributed by atoms with Gasteiger partial charge in [-0.1, -0.05) is 39.8 Å². The van der Waals surface area contributed by atoms with E-state index in [-0.39, 0.29) is 30.3 Å². The maximum atomic E-state index is 11.8. The quantitative estimate of drug-likeness (QED) is 0.819. The third-order valence-electron chi connectivity index (χ3n) is 3.05. The lowest BCUT2D eigenvalue weighted by Gasteiger charge is -2.16. The van der Waals surface area contributed by atoms with Crippen molar-refractivity contribution in [3.8, 4) is 0 Å². The number of carbonyl (C=O) groups excluding carboxylic acids is 2. The van der Waals surface area contributed by atoms with Gasteiger partial charge in [0.2, 0.25) is 0 Å². The van der Waals surface area contributed by atoms with Crippen molar-refractivity contribution in [3.63, 3.8) is 0 Å². The molecule has 0 fully saturated rings. The molecule has 0 aliphatic heterocycles. The molecule has 0 aliphatic rings. The van der Waals surface area contributed by atoms with Gasteiger partial charge in [-0.15, -0.1) is 0 Å². The number of hydrogen-bond acceptors (Lipinski definition) is 4. The monoisotopic (exact) mass is 293 g/mol. The minimum atomic E-state index is -0.335. The van der Waals surface area contributed by atoms with E-state index < -0.39 is 0 Å². The molecule has 21 heavy (non-hydrogen) atoms. The lowest BCUT2D eigenvalue weighted by Crippen LogP contribution is -2.20. The first-order valence-corrected chi connectivity index (χ1v) is 7.45. The summed E-state index contributed by atoms with van der Waals surface area (Å²) >= 11 is 0. The summed E-state index contributed by atoms with van der Waals surface area (Å²) in [5.74, 6) is -0.0768. The maximum absolute atomic E-state index is 11.8. The van der Waals surface area contributed by atoms with E-state index in [9.17, 15) is 9.59 Å². The van der Waals surface area contributed by atoms with Crippen LogP contribution in [0.2, 0.25) is 0 Å². The van der Waals surface area contributed by atoms with E-state index in [1.807, 2.05) is 34.6 Å². The standard InChI is InChI=1S/C15H21NO3.C2H6/c1-10(2)11(3)19-15(18)13-6-4-12(5-7-13)8-14(17)9-16;1-2/h4-7,10-11H,8-9,16H2,1-3H3;1-2H3. The SMILES string of the molecule is CC.CC(C)C(C)OC(=O)c1ccc(CC(=O)CN)cc1. The second-order valence-corrected chi connectivity index (χ2v) is 4.97. The van der Waals surface area contributed by atoms with Gasteiger partial charge in [0.15, 0.2) is 5.78 Å². The second kappa shape index (κ2) is 10.1. The average Bonchev–Trinajstić information content (AvgIpc) is 2.49. The molecule has 0 spiro atoms. The molecule has 1 aromatic rings. The van der Waals surface area contributed by atoms with Crippen LogP contribution in [0.4, 0.5) is 0 Å². The Morgan fingerprint density at radius 2 is 1.62 bits per heavy atom. The van der Waals surface area contributed by atoms with Crippen LogP contribution in [0.15, 0.2) is 24.3 Å². The summed E-state index contributed by atoms with van der Waals surface area (Å²) in [5.41, 5.74) is 6.61. The van der Waals surface area contributed by atoms with E-state index in [1.165, 1.54) is 0 Å². The van der Waals surface area contributed by atoms with Gasteiger partial charge in [0.05, 0.1) is 12.1 Å². The Labute approximate surface area is 127 Å². The molecule has 0 saturated heterocycles. The fourth-order valence-corrected chi connectivity index (χ4v) is 1.43. The summed E-state index contributed by atoms with van der Waals surface area (Å²) < 4.78 is 5.31. The minimum Gasteiger partial charge on any atom is -0.459 e. The topological polar surface area (TPSA) is 69.4 Å². The van der Waals surface area contributed by atoms with E-state index in [0.29, 0.717) is 12.0 Å². The van der Waals surface area contributed by atoms with Crippen molar-refractivity contribution < 1.29 is 14.3 Å². The lowest BCUT2D eigenvalue weighted by molar-refractivity contribution is -0.117. The number of nitrogens with two attached hydrogens (primary N) is 1. The molecule has 2 N–H and O–H groups in total. The molecule has 0 amide bonds. The molecule has 118 valence electrons. The van der Waals surface area contributed by atoms with Crippen molar-refractivity contribution in [2.45, 2.75) is 47.1 Å². The number of rotatable bonds is 6. The molecule has 0 heterocycles. The molecule has 1 aromatic carbocycles. The number of benzene rings is 1. The Kier molecular flexibility index (Phi) is 9.30. The number of carbonyl (C=O) groups is 2. The zero-order valence-electron chi connectivity index (χ0n) is 13.7. The van der Waals surface area contributed by atoms with Crippen LogP contribution in [0.25, 0.3) is 0 Å². The van der Waals surface area contributed by atoms with Crippen LogP contribution in [0.1, 0.15) is 50.5 Å². The molecule has 0 aliphatic carbocycles. The maximum Gasteiger partial charge on any atom is 0.338 e. The largest absolute Gasteiger partial charge is 0.459 e. The van der Waals surface area contributed by atoms with Crippen molar-refractivity contribution in [1.29, 1.82) is 0 Å². The summed E-state index contributed by atoms with van der Waals surface area (Å²) in [4.78, 5) is 23.0. The number of hydrogen-bond donors (Lipinski definition) is 1. The van der Waals surface area contributed by atoms with Gasteiger partial charge in [-0.3, -0.25) is 4.79 Å². The Morgan fingerprint density at radius 1 is 1.10 bits per heavy atom. The van der Waals surface area contributed by atoms with Crippen LogP contribution in [0, 0.1) is 5.92 Å². The van der Waals surface area contributed by atoms with Gasteiger partial charge in [0.25, 0.3) is 0 Å². The molecular weight excluding hydrogens is 266 g/mol. The Hall–Kier alpha value is -1.68. The fraction of sp³-hybridized carbons (Fsp3) is 0.529. The molecule has 1 rings (SSSR count). The Bertz CT molecular complexity index is 438. The van der Waals surface area contributed by atoms with Gasteiger partial charge < -0.3 is 10.5 Å². The molecule has 0 saturated carbocycles. The Balaban J connectivity index is 0.00000191. The molecule has 4 heteroatoms. The number of ether oxygens (including phenoxy) is 1. The van der Waals surface area contributed by atoms with Crippen molar-refractivity contribution >= 4 is 11.8 Å². The summed E-state index contributed by atoms with van der Waals surface area (Å²) in [6.07, 6.45) is 0.180. The Morgan fingerprint density at radius 3 is 2.05 bits per heavy atom. The first kappa shape index (κ1) is 19.3. The second-order valence-electron chi connectivity index (χ2n) is 4.97. The van der Waals surface area contributed by atoms with Gasteiger partial charge in [-0.2, -0.15) is 0 Å². The molecule has 0 aromatic heterocycles. The normalized spacial score (nSPS) is 11.4. The van der Waals surface area contributed by atoms with E-state index in [2.05, 4.69) is 0 Å². The van der Waals surface area contributed by atoms with Crippen LogP contribution in [-0.2, 0) is 16.0 Å². The molecule has 1 atom stereocenters. The first-order chi connectivity index (χ1) is 9.93.